The van der Waals surface area contributed by atoms with Gasteiger partial charge in [0.1, 0.15) is 6.04 Å². The largest absolute Gasteiger partial charge is 0.347 e. The van der Waals surface area contributed by atoms with Gasteiger partial charge in [0, 0.05) is 0 Å². The summed E-state index contributed by atoms with van der Waals surface area (Å²) in [6.45, 7) is 5.75. The van der Waals surface area contributed by atoms with Crippen LogP contribution in [0.2, 0.25) is 0 Å². The van der Waals surface area contributed by atoms with E-state index in [0.717, 1.165) is 23.8 Å². The molecular formula is C21H28N2O3S. The van der Waals surface area contributed by atoms with Crippen molar-refractivity contribution >= 4 is 21.6 Å². The van der Waals surface area contributed by atoms with Gasteiger partial charge in [-0.3, -0.25) is 9.10 Å². The summed E-state index contributed by atoms with van der Waals surface area (Å²) >= 11 is 0. The third-order valence-electron chi connectivity index (χ3n) is 4.54. The highest BCUT2D eigenvalue weighted by molar-refractivity contribution is 7.92. The topological polar surface area (TPSA) is 66.5 Å². The second kappa shape index (κ2) is 9.04. The monoisotopic (exact) mass is 388 g/mol. The number of carbonyl (C=O) groups is 1. The van der Waals surface area contributed by atoms with E-state index < -0.39 is 16.1 Å². The van der Waals surface area contributed by atoms with Crippen molar-refractivity contribution in [2.45, 2.75) is 45.7 Å². The summed E-state index contributed by atoms with van der Waals surface area (Å²) in [4.78, 5) is 13.0. The molecule has 0 aliphatic heterocycles. The maximum atomic E-state index is 13.0. The molecule has 0 fully saturated rings. The maximum Gasteiger partial charge on any atom is 0.244 e. The van der Waals surface area contributed by atoms with Gasteiger partial charge in [-0.15, -0.1) is 0 Å². The smallest absolute Gasteiger partial charge is 0.244 e. The van der Waals surface area contributed by atoms with Gasteiger partial charge in [-0.2, -0.15) is 0 Å². The number of nitrogens with zero attached hydrogens (tertiary/aromatic N) is 1. The van der Waals surface area contributed by atoms with Crippen LogP contribution in [0.1, 0.15) is 43.9 Å². The molecule has 0 bridgehead atoms. The van der Waals surface area contributed by atoms with Gasteiger partial charge in [-0.05, 0) is 37.5 Å². The average molecular weight is 389 g/mol. The van der Waals surface area contributed by atoms with Crippen molar-refractivity contribution in [3.05, 3.63) is 65.7 Å². The van der Waals surface area contributed by atoms with Crippen LogP contribution in [0.5, 0.6) is 0 Å². The fourth-order valence-electron chi connectivity index (χ4n) is 3.13. The van der Waals surface area contributed by atoms with E-state index in [1.807, 2.05) is 63.2 Å². The number of rotatable bonds is 8. The van der Waals surface area contributed by atoms with Gasteiger partial charge in [0.25, 0.3) is 0 Å². The summed E-state index contributed by atoms with van der Waals surface area (Å²) in [5.74, 6) is -0.292. The third-order valence-corrected chi connectivity index (χ3v) is 5.72. The molecular weight excluding hydrogens is 360 g/mol. The number of aryl methyl sites for hydroxylation is 1. The molecule has 1 N–H and O–H groups in total. The molecule has 0 spiro atoms. The van der Waals surface area contributed by atoms with E-state index in [1.165, 1.54) is 4.31 Å². The molecule has 6 heteroatoms. The summed E-state index contributed by atoms with van der Waals surface area (Å²) in [7, 11) is -3.62. The minimum atomic E-state index is -3.62. The Bertz CT molecular complexity index is 849. The molecule has 27 heavy (non-hydrogen) atoms. The van der Waals surface area contributed by atoms with E-state index in [9.17, 15) is 13.2 Å². The molecule has 5 nitrogen and oxygen atoms in total. The molecule has 0 aliphatic rings. The van der Waals surface area contributed by atoms with Gasteiger partial charge in [0.2, 0.25) is 15.9 Å². The van der Waals surface area contributed by atoms with Crippen LogP contribution in [0.15, 0.2) is 54.6 Å². The predicted molar refractivity (Wildman–Crippen MR) is 110 cm³/mol. The van der Waals surface area contributed by atoms with E-state index in [-0.39, 0.29) is 11.9 Å². The molecule has 0 saturated heterocycles. The molecule has 0 aromatic heterocycles. The van der Waals surface area contributed by atoms with Gasteiger partial charge >= 0.3 is 0 Å². The number of benzene rings is 2. The maximum absolute atomic E-state index is 13.0. The fourth-order valence-corrected chi connectivity index (χ4v) is 4.34. The zero-order valence-electron chi connectivity index (χ0n) is 16.3. The lowest BCUT2D eigenvalue weighted by atomic mass is 10.0. The summed E-state index contributed by atoms with van der Waals surface area (Å²) < 4.78 is 26.2. The van der Waals surface area contributed by atoms with Crippen LogP contribution in [0, 0.1) is 6.92 Å². The number of carbonyl (C=O) groups excluding carboxylic acids is 1. The Labute approximate surface area is 162 Å². The van der Waals surface area contributed by atoms with Crippen molar-refractivity contribution in [1.82, 2.24) is 5.32 Å². The first-order chi connectivity index (χ1) is 12.8. The van der Waals surface area contributed by atoms with E-state index in [4.69, 9.17) is 0 Å². The molecule has 0 aliphatic carbocycles. The second-order valence-corrected chi connectivity index (χ2v) is 8.56. The van der Waals surface area contributed by atoms with Crippen LogP contribution in [0.25, 0.3) is 0 Å². The van der Waals surface area contributed by atoms with Crippen molar-refractivity contribution in [3.63, 3.8) is 0 Å². The lowest BCUT2D eigenvalue weighted by Gasteiger charge is -2.31. The third kappa shape index (κ3) is 5.32. The Morgan fingerprint density at radius 1 is 1.00 bits per heavy atom. The molecule has 2 atom stereocenters. The number of hydrogen-bond donors (Lipinski definition) is 1. The number of hydrogen-bond acceptors (Lipinski definition) is 3. The summed E-state index contributed by atoms with van der Waals surface area (Å²) in [6.07, 6.45) is 2.23. The van der Waals surface area contributed by atoms with E-state index in [2.05, 4.69) is 5.32 Å². The zero-order chi connectivity index (χ0) is 20.0. The van der Waals surface area contributed by atoms with Crippen molar-refractivity contribution in [1.29, 1.82) is 0 Å². The minimum absolute atomic E-state index is 0.160. The molecule has 2 rings (SSSR count). The van der Waals surface area contributed by atoms with E-state index in [0.29, 0.717) is 12.1 Å². The van der Waals surface area contributed by atoms with Crippen molar-refractivity contribution in [3.8, 4) is 0 Å². The van der Waals surface area contributed by atoms with Crippen molar-refractivity contribution in [2.75, 3.05) is 10.6 Å². The highest BCUT2D eigenvalue weighted by atomic mass is 32.2. The quantitative estimate of drug-likeness (QED) is 0.748. The number of sulfonamides is 1. The van der Waals surface area contributed by atoms with Crippen molar-refractivity contribution < 1.29 is 13.2 Å². The van der Waals surface area contributed by atoms with Crippen LogP contribution in [0.3, 0.4) is 0 Å². The van der Waals surface area contributed by atoms with Gasteiger partial charge in [-0.25, -0.2) is 8.42 Å². The van der Waals surface area contributed by atoms with Crippen molar-refractivity contribution in [2.24, 2.45) is 0 Å². The Hall–Kier alpha value is -2.34. The fraction of sp³-hybridized carbons (Fsp3) is 0.381. The first-order valence-electron chi connectivity index (χ1n) is 9.19. The number of anilines is 1. The molecule has 2 aromatic carbocycles. The molecule has 2 aromatic rings. The molecule has 2 unspecified atom stereocenters. The lowest BCUT2D eigenvalue weighted by Crippen LogP contribution is -2.50. The minimum Gasteiger partial charge on any atom is -0.347 e. The molecule has 0 radical (unpaired) electrons. The van der Waals surface area contributed by atoms with Gasteiger partial charge in [0.05, 0.1) is 18.0 Å². The SMILES string of the molecule is CCC(NC(=O)C(CC)N(c1ccc(C)cc1)S(C)(=O)=O)c1ccccc1. The highest BCUT2D eigenvalue weighted by Gasteiger charge is 2.32. The normalized spacial score (nSPS) is 13.6. The van der Waals surface area contributed by atoms with E-state index >= 15 is 0 Å². The molecule has 0 heterocycles. The standard InChI is InChI=1S/C21H28N2O3S/c1-5-19(17-10-8-7-9-11-17)22-21(24)20(6-2)23(27(4,25)26)18-14-12-16(3)13-15-18/h7-15,19-20H,5-6H2,1-4H3,(H,22,24). The summed E-state index contributed by atoms with van der Waals surface area (Å²) in [6, 6.07) is 15.9. The first-order valence-corrected chi connectivity index (χ1v) is 11.0. The molecule has 0 saturated carbocycles. The van der Waals surface area contributed by atoms with Crippen LogP contribution < -0.4 is 9.62 Å². The molecule has 146 valence electrons. The Morgan fingerprint density at radius 3 is 2.07 bits per heavy atom. The number of amides is 1. The van der Waals surface area contributed by atoms with Gasteiger partial charge in [0.15, 0.2) is 0 Å². The van der Waals surface area contributed by atoms with Crippen LogP contribution in [-0.4, -0.2) is 26.6 Å². The Balaban J connectivity index is 2.32. The average Bonchev–Trinajstić information content (AvgIpc) is 2.64. The van der Waals surface area contributed by atoms with Gasteiger partial charge < -0.3 is 5.32 Å². The zero-order valence-corrected chi connectivity index (χ0v) is 17.2. The highest BCUT2D eigenvalue weighted by Crippen LogP contribution is 2.24. The van der Waals surface area contributed by atoms with Crippen LogP contribution >= 0.6 is 0 Å². The Morgan fingerprint density at radius 2 is 1.59 bits per heavy atom. The summed E-state index contributed by atoms with van der Waals surface area (Å²) in [5.41, 5.74) is 2.53. The van der Waals surface area contributed by atoms with E-state index in [1.54, 1.807) is 12.1 Å². The van der Waals surface area contributed by atoms with Gasteiger partial charge in [-0.1, -0.05) is 61.9 Å². The van der Waals surface area contributed by atoms with Crippen LogP contribution in [0.4, 0.5) is 5.69 Å². The lowest BCUT2D eigenvalue weighted by molar-refractivity contribution is -0.123. The first kappa shape index (κ1) is 21.0. The van der Waals surface area contributed by atoms with Crippen LogP contribution in [-0.2, 0) is 14.8 Å². The predicted octanol–water partition coefficient (Wildman–Crippen LogP) is 3.81. The molecule has 1 amide bonds. The second-order valence-electron chi connectivity index (χ2n) is 6.70. The number of nitrogens with one attached hydrogen (secondary N) is 1. The summed E-state index contributed by atoms with van der Waals surface area (Å²) in [5, 5.41) is 3.02. The Kier molecular flexibility index (Phi) is 7.02.